The number of alkyl halides is 3. The third-order valence-corrected chi connectivity index (χ3v) is 6.51. The second-order valence-electron chi connectivity index (χ2n) is 6.93. The average Bonchev–Trinajstić information content (AvgIpc) is 3.37. The second-order valence-corrected chi connectivity index (χ2v) is 8.82. The number of nitrogens with one attached hydrogen (secondary N) is 1. The molecule has 0 fully saturated rings. The van der Waals surface area contributed by atoms with Crippen LogP contribution in [0.3, 0.4) is 0 Å². The van der Waals surface area contributed by atoms with Crippen LogP contribution in [0, 0.1) is 0 Å². The second kappa shape index (κ2) is 7.54. The summed E-state index contributed by atoms with van der Waals surface area (Å²) in [5.74, 6) is 0. The molecule has 2 aromatic carbocycles. The first kappa shape index (κ1) is 21.1. The lowest BCUT2D eigenvalue weighted by Crippen LogP contribution is -2.18. The van der Waals surface area contributed by atoms with E-state index in [0.717, 1.165) is 12.1 Å². The Balaban J connectivity index is 1.94. The number of aryl methyl sites for hydroxylation is 1. The molecule has 162 valence electrons. The molecular formula is C21H19F3N4O2S. The molecule has 0 amide bonds. The molecule has 0 aliphatic carbocycles. The first-order chi connectivity index (χ1) is 14.6. The smallest absolute Gasteiger partial charge is 0.337 e. The van der Waals surface area contributed by atoms with Gasteiger partial charge in [-0.15, -0.1) is 0 Å². The highest BCUT2D eigenvalue weighted by molar-refractivity contribution is 7.89. The molecule has 31 heavy (non-hydrogen) atoms. The molecule has 1 N–H and O–H groups in total. The van der Waals surface area contributed by atoms with Gasteiger partial charge in [-0.2, -0.15) is 13.2 Å². The maximum Gasteiger partial charge on any atom is 0.416 e. The summed E-state index contributed by atoms with van der Waals surface area (Å²) in [6.07, 6.45) is 0.840. The van der Waals surface area contributed by atoms with Gasteiger partial charge < -0.3 is 9.13 Å². The molecular weight excluding hydrogens is 429 g/mol. The summed E-state index contributed by atoms with van der Waals surface area (Å²) in [6, 6.07) is 9.45. The zero-order valence-corrected chi connectivity index (χ0v) is 17.5. The zero-order valence-electron chi connectivity index (χ0n) is 16.7. The number of fused-ring (bicyclic) bond motifs is 1. The van der Waals surface area contributed by atoms with E-state index in [1.54, 1.807) is 29.2 Å². The van der Waals surface area contributed by atoms with Gasteiger partial charge in [-0.3, -0.25) is 0 Å². The van der Waals surface area contributed by atoms with E-state index in [2.05, 4.69) is 9.71 Å². The summed E-state index contributed by atoms with van der Waals surface area (Å²) in [4.78, 5) is 4.50. The van der Waals surface area contributed by atoms with Crippen LogP contribution in [-0.2, 0) is 22.7 Å². The number of nitrogens with zero attached hydrogens (tertiary/aromatic N) is 3. The Kier molecular flexibility index (Phi) is 5.14. The highest BCUT2D eigenvalue weighted by Gasteiger charge is 2.30. The molecule has 0 bridgehead atoms. The standard InChI is InChI=1S/C21H19F3N4O2S/c1-3-27-12-19(26-13-27)18-11-28(15-6-4-14(5-7-15)21(22,23)24)20-9-8-16(10-17(18)20)31(29,30)25-2/h4-13,25H,3H2,1-2H3. The van der Waals surface area contributed by atoms with Gasteiger partial charge in [0, 0.05) is 35.6 Å². The number of hydrogen-bond acceptors (Lipinski definition) is 3. The summed E-state index contributed by atoms with van der Waals surface area (Å²) in [7, 11) is -2.35. The molecule has 0 radical (unpaired) electrons. The Bertz CT molecular complexity index is 1350. The predicted molar refractivity (Wildman–Crippen MR) is 111 cm³/mol. The zero-order chi connectivity index (χ0) is 22.4. The molecule has 4 aromatic rings. The number of benzene rings is 2. The molecule has 0 aliphatic heterocycles. The van der Waals surface area contributed by atoms with Gasteiger partial charge in [-0.05, 0) is 56.4 Å². The van der Waals surface area contributed by atoms with Crippen LogP contribution in [-0.4, -0.2) is 29.6 Å². The average molecular weight is 448 g/mol. The van der Waals surface area contributed by atoms with Crippen LogP contribution in [0.5, 0.6) is 0 Å². The van der Waals surface area contributed by atoms with Crippen molar-refractivity contribution in [2.75, 3.05) is 7.05 Å². The molecule has 0 saturated carbocycles. The van der Waals surface area contributed by atoms with Crippen molar-refractivity contribution in [3.05, 3.63) is 66.7 Å². The highest BCUT2D eigenvalue weighted by Crippen LogP contribution is 2.35. The summed E-state index contributed by atoms with van der Waals surface area (Å²) in [5.41, 5.74) is 1.74. The van der Waals surface area contributed by atoms with Gasteiger partial charge in [-0.1, -0.05) is 0 Å². The minimum Gasteiger partial charge on any atom is -0.337 e. The van der Waals surface area contributed by atoms with Crippen molar-refractivity contribution < 1.29 is 21.6 Å². The molecule has 6 nitrogen and oxygen atoms in total. The summed E-state index contributed by atoms with van der Waals surface area (Å²) >= 11 is 0. The molecule has 10 heteroatoms. The van der Waals surface area contributed by atoms with E-state index in [4.69, 9.17) is 0 Å². The Morgan fingerprint density at radius 2 is 1.77 bits per heavy atom. The van der Waals surface area contributed by atoms with Gasteiger partial charge in [0.25, 0.3) is 0 Å². The quantitative estimate of drug-likeness (QED) is 0.491. The van der Waals surface area contributed by atoms with Gasteiger partial charge in [0.15, 0.2) is 0 Å². The Morgan fingerprint density at radius 3 is 2.35 bits per heavy atom. The predicted octanol–water partition coefficient (Wildman–Crippen LogP) is 4.44. The lowest BCUT2D eigenvalue weighted by atomic mass is 10.1. The van der Waals surface area contributed by atoms with E-state index in [1.807, 2.05) is 17.7 Å². The van der Waals surface area contributed by atoms with Gasteiger partial charge >= 0.3 is 6.18 Å². The molecule has 0 saturated heterocycles. The molecule has 0 atom stereocenters. The number of sulfonamides is 1. The fourth-order valence-corrected chi connectivity index (χ4v) is 4.15. The van der Waals surface area contributed by atoms with Crippen LogP contribution in [0.15, 0.2) is 66.1 Å². The summed E-state index contributed by atoms with van der Waals surface area (Å²) in [5, 5.41) is 0.623. The highest BCUT2D eigenvalue weighted by atomic mass is 32.2. The van der Waals surface area contributed by atoms with Crippen LogP contribution in [0.4, 0.5) is 13.2 Å². The van der Waals surface area contributed by atoms with Gasteiger partial charge in [-0.25, -0.2) is 18.1 Å². The van der Waals surface area contributed by atoms with Gasteiger partial charge in [0.1, 0.15) is 0 Å². The lowest BCUT2D eigenvalue weighted by Gasteiger charge is -2.09. The number of halogens is 3. The minimum absolute atomic E-state index is 0.0869. The third-order valence-electron chi connectivity index (χ3n) is 5.10. The van der Waals surface area contributed by atoms with Crippen molar-refractivity contribution in [1.29, 1.82) is 0 Å². The Hall–Kier alpha value is -3.11. The fraction of sp³-hybridized carbons (Fsp3) is 0.190. The molecule has 2 heterocycles. The minimum atomic E-state index is -4.42. The molecule has 2 aromatic heterocycles. The van der Waals surface area contributed by atoms with Gasteiger partial charge in [0.2, 0.25) is 10.0 Å². The summed E-state index contributed by atoms with van der Waals surface area (Å²) < 4.78 is 69.4. The first-order valence-electron chi connectivity index (χ1n) is 9.42. The SMILES string of the molecule is CCn1cnc(-c2cn(-c3ccc(C(F)(F)F)cc3)c3ccc(S(=O)(=O)NC)cc23)c1. The van der Waals surface area contributed by atoms with Gasteiger partial charge in [0.05, 0.1) is 28.0 Å². The van der Waals surface area contributed by atoms with Crippen LogP contribution in [0.2, 0.25) is 0 Å². The van der Waals surface area contributed by atoms with E-state index in [9.17, 15) is 21.6 Å². The fourth-order valence-electron chi connectivity index (χ4n) is 3.40. The maximum atomic E-state index is 12.9. The summed E-state index contributed by atoms with van der Waals surface area (Å²) in [6.45, 7) is 2.68. The van der Waals surface area contributed by atoms with E-state index in [1.165, 1.54) is 25.2 Å². The van der Waals surface area contributed by atoms with E-state index >= 15 is 0 Å². The van der Waals surface area contributed by atoms with Crippen LogP contribution in [0.25, 0.3) is 27.8 Å². The van der Waals surface area contributed by atoms with Crippen molar-refractivity contribution in [3.63, 3.8) is 0 Å². The normalized spacial score (nSPS) is 12.5. The molecule has 0 aliphatic rings. The number of imidazole rings is 1. The third kappa shape index (κ3) is 3.84. The Labute approximate surface area is 177 Å². The van der Waals surface area contributed by atoms with E-state index in [0.29, 0.717) is 34.4 Å². The number of hydrogen-bond donors (Lipinski definition) is 1. The van der Waals surface area contributed by atoms with Crippen LogP contribution < -0.4 is 4.72 Å². The number of rotatable bonds is 5. The number of aromatic nitrogens is 3. The maximum absolute atomic E-state index is 12.9. The monoisotopic (exact) mass is 448 g/mol. The first-order valence-corrected chi connectivity index (χ1v) is 10.9. The topological polar surface area (TPSA) is 68.9 Å². The van der Waals surface area contributed by atoms with Crippen molar-refractivity contribution in [2.45, 2.75) is 24.5 Å². The van der Waals surface area contributed by atoms with Crippen molar-refractivity contribution in [2.24, 2.45) is 0 Å². The molecule has 0 unspecified atom stereocenters. The van der Waals surface area contributed by atoms with Crippen molar-refractivity contribution >= 4 is 20.9 Å². The lowest BCUT2D eigenvalue weighted by molar-refractivity contribution is -0.137. The molecule has 4 rings (SSSR count). The van der Waals surface area contributed by atoms with Crippen LogP contribution in [0.1, 0.15) is 12.5 Å². The van der Waals surface area contributed by atoms with Crippen molar-refractivity contribution in [3.8, 4) is 16.9 Å². The van der Waals surface area contributed by atoms with E-state index in [-0.39, 0.29) is 4.90 Å². The van der Waals surface area contributed by atoms with Crippen molar-refractivity contribution in [1.82, 2.24) is 18.8 Å². The largest absolute Gasteiger partial charge is 0.416 e. The van der Waals surface area contributed by atoms with E-state index < -0.39 is 21.8 Å². The van der Waals surface area contributed by atoms with Crippen LogP contribution >= 0.6 is 0 Å². The Morgan fingerprint density at radius 1 is 1.06 bits per heavy atom. The molecule has 0 spiro atoms.